The first kappa shape index (κ1) is 17.0. The van der Waals surface area contributed by atoms with Crippen molar-refractivity contribution in [2.75, 3.05) is 18.5 Å². The van der Waals surface area contributed by atoms with Crippen LogP contribution in [-0.2, 0) is 4.79 Å². The maximum absolute atomic E-state index is 12.2. The van der Waals surface area contributed by atoms with Crippen LogP contribution in [0.2, 0.25) is 0 Å². The van der Waals surface area contributed by atoms with E-state index in [4.69, 9.17) is 4.74 Å². The minimum Gasteiger partial charge on any atom is -0.493 e. The van der Waals surface area contributed by atoms with Crippen LogP contribution in [0.1, 0.15) is 18.0 Å². The van der Waals surface area contributed by atoms with Crippen LogP contribution in [0.15, 0.2) is 48.5 Å². The number of alkyl halides is 2. The van der Waals surface area contributed by atoms with Gasteiger partial charge >= 0.3 is 6.61 Å². The Bertz CT molecular complexity index is 723. The van der Waals surface area contributed by atoms with Gasteiger partial charge in [-0.2, -0.15) is 8.78 Å². The van der Waals surface area contributed by atoms with E-state index in [0.29, 0.717) is 18.7 Å². The molecule has 25 heavy (non-hydrogen) atoms. The molecule has 7 heteroatoms. The molecule has 2 aromatic rings. The summed E-state index contributed by atoms with van der Waals surface area (Å²) in [5, 5.41) is 5.93. The second-order valence-corrected chi connectivity index (χ2v) is 5.55. The van der Waals surface area contributed by atoms with E-state index in [9.17, 15) is 13.6 Å². The van der Waals surface area contributed by atoms with Crippen LogP contribution in [0, 0.1) is 0 Å². The van der Waals surface area contributed by atoms with Crippen LogP contribution >= 0.6 is 0 Å². The van der Waals surface area contributed by atoms with Gasteiger partial charge in [-0.25, -0.2) is 0 Å². The number of rotatable bonds is 6. The van der Waals surface area contributed by atoms with E-state index in [1.54, 1.807) is 12.1 Å². The zero-order valence-electron chi connectivity index (χ0n) is 13.4. The Morgan fingerprint density at radius 3 is 2.72 bits per heavy atom. The summed E-state index contributed by atoms with van der Waals surface area (Å²) in [5.41, 5.74) is 1.61. The Morgan fingerprint density at radius 1 is 1.20 bits per heavy atom. The number of nitrogens with one attached hydrogen (secondary N) is 2. The van der Waals surface area contributed by atoms with Gasteiger partial charge in [-0.1, -0.05) is 18.2 Å². The van der Waals surface area contributed by atoms with Crippen molar-refractivity contribution < 1.29 is 23.0 Å². The van der Waals surface area contributed by atoms with E-state index in [-0.39, 0.29) is 24.2 Å². The Hall–Kier alpha value is -2.83. The number of carbonyl (C=O) groups excluding carboxylic acids is 1. The average Bonchev–Trinajstić information content (AvgIpc) is 2.61. The number of fused-ring (bicyclic) bond motifs is 1. The highest BCUT2D eigenvalue weighted by Gasteiger charge is 2.22. The summed E-state index contributed by atoms with van der Waals surface area (Å²) in [6.45, 7) is -2.22. The lowest BCUT2D eigenvalue weighted by molar-refractivity contribution is -0.120. The molecule has 1 amide bonds. The minimum atomic E-state index is -2.85. The molecule has 0 aliphatic carbocycles. The number of amides is 1. The Labute approximate surface area is 143 Å². The number of para-hydroxylation sites is 1. The molecule has 0 aromatic heterocycles. The fraction of sp³-hybridized carbons (Fsp3) is 0.278. The van der Waals surface area contributed by atoms with Crippen molar-refractivity contribution in [2.45, 2.75) is 19.1 Å². The lowest BCUT2D eigenvalue weighted by atomic mass is 10.0. The van der Waals surface area contributed by atoms with E-state index < -0.39 is 6.61 Å². The van der Waals surface area contributed by atoms with Crippen LogP contribution in [0.4, 0.5) is 14.5 Å². The Kier molecular flexibility index (Phi) is 5.33. The molecule has 0 saturated heterocycles. The second-order valence-electron chi connectivity index (χ2n) is 5.55. The first-order chi connectivity index (χ1) is 12.1. The molecule has 1 aliphatic rings. The second kappa shape index (κ2) is 7.83. The fourth-order valence-electron chi connectivity index (χ4n) is 2.67. The molecule has 1 heterocycles. The van der Waals surface area contributed by atoms with Crippen molar-refractivity contribution >= 4 is 11.6 Å². The van der Waals surface area contributed by atoms with Gasteiger partial charge in [0.05, 0.1) is 19.2 Å². The third-order valence-electron chi connectivity index (χ3n) is 3.83. The van der Waals surface area contributed by atoms with Crippen LogP contribution in [0.5, 0.6) is 11.5 Å². The predicted molar refractivity (Wildman–Crippen MR) is 89.0 cm³/mol. The monoisotopic (exact) mass is 348 g/mol. The molecule has 132 valence electrons. The van der Waals surface area contributed by atoms with Gasteiger partial charge in [0.1, 0.15) is 11.5 Å². The molecule has 2 N–H and O–H groups in total. The Balaban J connectivity index is 1.52. The van der Waals surface area contributed by atoms with Crippen molar-refractivity contribution in [3.8, 4) is 11.5 Å². The standard InChI is InChI=1S/C18H18F2N2O3/c19-18(20)25-13-7-5-12(6-8-13)21-11-17(23)22-15-9-10-24-16-4-2-1-3-14(15)16/h1-8,15,18,21H,9-11H2,(H,22,23). The summed E-state index contributed by atoms with van der Waals surface area (Å²) < 4.78 is 34.1. The molecule has 0 bridgehead atoms. The zero-order chi connectivity index (χ0) is 17.6. The highest BCUT2D eigenvalue weighted by molar-refractivity contribution is 5.81. The molecule has 1 atom stereocenters. The molecular formula is C18H18F2N2O3. The molecule has 1 unspecified atom stereocenters. The molecule has 0 radical (unpaired) electrons. The van der Waals surface area contributed by atoms with Crippen LogP contribution in [0.3, 0.4) is 0 Å². The van der Waals surface area contributed by atoms with Crippen molar-refractivity contribution in [2.24, 2.45) is 0 Å². The summed E-state index contributed by atoms with van der Waals surface area (Å²) in [7, 11) is 0. The summed E-state index contributed by atoms with van der Waals surface area (Å²) in [4.78, 5) is 12.2. The van der Waals surface area contributed by atoms with Crippen molar-refractivity contribution in [3.05, 3.63) is 54.1 Å². The summed E-state index contributed by atoms with van der Waals surface area (Å²) in [6, 6.07) is 13.5. The van der Waals surface area contributed by atoms with Crippen molar-refractivity contribution in [3.63, 3.8) is 0 Å². The van der Waals surface area contributed by atoms with Gasteiger partial charge in [0.15, 0.2) is 0 Å². The van der Waals surface area contributed by atoms with Crippen LogP contribution in [0.25, 0.3) is 0 Å². The quantitative estimate of drug-likeness (QED) is 0.841. The molecule has 5 nitrogen and oxygen atoms in total. The molecule has 0 fully saturated rings. The molecule has 3 rings (SSSR count). The number of hydrogen-bond acceptors (Lipinski definition) is 4. The van der Waals surface area contributed by atoms with Gasteiger partial charge in [0.25, 0.3) is 0 Å². The SMILES string of the molecule is O=C(CNc1ccc(OC(F)F)cc1)NC1CCOc2ccccc21. The molecular weight excluding hydrogens is 330 g/mol. The number of halogens is 2. The Morgan fingerprint density at radius 2 is 1.96 bits per heavy atom. The van der Waals surface area contributed by atoms with E-state index in [2.05, 4.69) is 15.4 Å². The largest absolute Gasteiger partial charge is 0.493 e. The van der Waals surface area contributed by atoms with E-state index >= 15 is 0 Å². The molecule has 0 spiro atoms. The number of hydrogen-bond donors (Lipinski definition) is 2. The molecule has 1 aliphatic heterocycles. The normalized spacial score (nSPS) is 15.9. The first-order valence-corrected chi connectivity index (χ1v) is 7.91. The maximum Gasteiger partial charge on any atom is 0.387 e. The summed E-state index contributed by atoms with van der Waals surface area (Å²) in [5.74, 6) is 0.708. The third kappa shape index (κ3) is 4.59. The lowest BCUT2D eigenvalue weighted by Crippen LogP contribution is -2.35. The number of carbonyl (C=O) groups is 1. The van der Waals surface area contributed by atoms with E-state index in [1.807, 2.05) is 24.3 Å². The van der Waals surface area contributed by atoms with Gasteiger partial charge in [0.2, 0.25) is 5.91 Å². The number of ether oxygens (including phenoxy) is 2. The van der Waals surface area contributed by atoms with Gasteiger partial charge < -0.3 is 20.1 Å². The summed E-state index contributed by atoms with van der Waals surface area (Å²) in [6.07, 6.45) is 0.711. The minimum absolute atomic E-state index is 0.0730. The topological polar surface area (TPSA) is 59.6 Å². The van der Waals surface area contributed by atoms with Crippen molar-refractivity contribution in [1.82, 2.24) is 5.32 Å². The van der Waals surface area contributed by atoms with Gasteiger partial charge in [0, 0.05) is 17.7 Å². The maximum atomic E-state index is 12.2. The number of benzene rings is 2. The highest BCUT2D eigenvalue weighted by atomic mass is 19.3. The third-order valence-corrected chi connectivity index (χ3v) is 3.83. The van der Waals surface area contributed by atoms with Crippen LogP contribution < -0.4 is 20.1 Å². The number of anilines is 1. The fourth-order valence-corrected chi connectivity index (χ4v) is 2.67. The van der Waals surface area contributed by atoms with Gasteiger partial charge in [-0.3, -0.25) is 4.79 Å². The van der Waals surface area contributed by atoms with Crippen LogP contribution in [-0.4, -0.2) is 25.7 Å². The van der Waals surface area contributed by atoms with E-state index in [1.165, 1.54) is 12.1 Å². The molecule has 0 saturated carbocycles. The zero-order valence-corrected chi connectivity index (χ0v) is 13.4. The summed E-state index contributed by atoms with van der Waals surface area (Å²) >= 11 is 0. The average molecular weight is 348 g/mol. The molecule has 2 aromatic carbocycles. The first-order valence-electron chi connectivity index (χ1n) is 7.91. The van der Waals surface area contributed by atoms with Gasteiger partial charge in [-0.05, 0) is 30.3 Å². The predicted octanol–water partition coefficient (Wildman–Crippen LogP) is 3.34. The van der Waals surface area contributed by atoms with Crippen molar-refractivity contribution in [1.29, 1.82) is 0 Å². The van der Waals surface area contributed by atoms with Gasteiger partial charge in [-0.15, -0.1) is 0 Å². The smallest absolute Gasteiger partial charge is 0.387 e. The van der Waals surface area contributed by atoms with E-state index in [0.717, 1.165) is 11.3 Å². The lowest BCUT2D eigenvalue weighted by Gasteiger charge is -2.26. The highest BCUT2D eigenvalue weighted by Crippen LogP contribution is 2.31.